The molecule has 0 radical (unpaired) electrons. The predicted molar refractivity (Wildman–Crippen MR) is 121 cm³/mol. The van der Waals surface area contributed by atoms with Gasteiger partial charge in [0, 0.05) is 32.5 Å². The summed E-state index contributed by atoms with van der Waals surface area (Å²) in [5.74, 6) is 1.50. The Bertz CT molecular complexity index is 558. The number of aromatic nitrogens is 1. The van der Waals surface area contributed by atoms with Gasteiger partial charge in [0.25, 0.3) is 0 Å². The van der Waals surface area contributed by atoms with Gasteiger partial charge in [-0.05, 0) is 52.0 Å². The number of aliphatic imine (C=N–C) groups is 1. The lowest BCUT2D eigenvalue weighted by atomic mass is 9.98. The fourth-order valence-electron chi connectivity index (χ4n) is 2.81. The minimum Gasteiger partial charge on any atom is -0.474 e. The maximum Gasteiger partial charge on any atom is 0.213 e. The first-order valence-corrected chi connectivity index (χ1v) is 9.71. The van der Waals surface area contributed by atoms with E-state index in [2.05, 4.69) is 27.5 Å². The van der Waals surface area contributed by atoms with Crippen LogP contribution >= 0.6 is 24.0 Å². The lowest BCUT2D eigenvalue weighted by Crippen LogP contribution is -2.45. The van der Waals surface area contributed by atoms with E-state index in [0.29, 0.717) is 19.2 Å². The third-order valence-corrected chi connectivity index (χ3v) is 4.64. The monoisotopic (exact) mass is 490 g/mol. The van der Waals surface area contributed by atoms with Crippen molar-refractivity contribution in [1.82, 2.24) is 15.6 Å². The molecule has 0 atom stereocenters. The number of ether oxygens (including phenoxy) is 2. The highest BCUT2D eigenvalue weighted by Crippen LogP contribution is 2.22. The van der Waals surface area contributed by atoms with Gasteiger partial charge < -0.3 is 20.1 Å². The fraction of sp³-hybridized carbons (Fsp3) is 0.700. The maximum absolute atomic E-state index is 5.98. The Balaban J connectivity index is 0.00000364. The molecule has 2 N–H and O–H groups in total. The lowest BCUT2D eigenvalue weighted by molar-refractivity contribution is 0.0268. The molecule has 0 saturated heterocycles. The van der Waals surface area contributed by atoms with Gasteiger partial charge in [0.15, 0.2) is 5.96 Å². The molecule has 1 aliphatic rings. The van der Waals surface area contributed by atoms with E-state index >= 15 is 0 Å². The largest absolute Gasteiger partial charge is 0.474 e. The fourth-order valence-corrected chi connectivity index (χ4v) is 2.81. The van der Waals surface area contributed by atoms with Crippen LogP contribution in [0, 0.1) is 0 Å². The number of pyridine rings is 1. The van der Waals surface area contributed by atoms with Crippen LogP contribution in [0.5, 0.6) is 5.88 Å². The smallest absolute Gasteiger partial charge is 0.213 e. The van der Waals surface area contributed by atoms with E-state index in [0.717, 1.165) is 36.8 Å². The van der Waals surface area contributed by atoms with Crippen LogP contribution < -0.4 is 15.4 Å². The Hall–Kier alpha value is -1.09. The zero-order chi connectivity index (χ0) is 18.8. The molecule has 1 heterocycles. The second kappa shape index (κ2) is 12.4. The maximum atomic E-state index is 5.98. The highest BCUT2D eigenvalue weighted by Gasteiger charge is 2.17. The summed E-state index contributed by atoms with van der Waals surface area (Å²) in [6, 6.07) is 3.99. The Morgan fingerprint density at radius 2 is 1.96 bits per heavy atom. The first-order valence-electron chi connectivity index (χ1n) is 9.71. The average Bonchev–Trinajstić information content (AvgIpc) is 2.66. The number of rotatable bonds is 8. The quantitative estimate of drug-likeness (QED) is 0.329. The van der Waals surface area contributed by atoms with Gasteiger partial charge in [0.2, 0.25) is 5.88 Å². The summed E-state index contributed by atoms with van der Waals surface area (Å²) in [4.78, 5) is 9.07. The van der Waals surface area contributed by atoms with Crippen LogP contribution in [0.2, 0.25) is 0 Å². The Kier molecular flexibility index (Phi) is 11.0. The minimum atomic E-state index is -0.240. The van der Waals surface area contributed by atoms with E-state index in [9.17, 15) is 0 Å². The zero-order valence-corrected chi connectivity index (χ0v) is 19.4. The second-order valence-electron chi connectivity index (χ2n) is 7.40. The van der Waals surface area contributed by atoms with E-state index in [1.54, 1.807) is 7.11 Å². The van der Waals surface area contributed by atoms with E-state index in [-0.39, 0.29) is 29.6 Å². The van der Waals surface area contributed by atoms with Crippen LogP contribution in [0.3, 0.4) is 0 Å². The van der Waals surface area contributed by atoms with Crippen LogP contribution in [-0.4, -0.2) is 42.8 Å². The van der Waals surface area contributed by atoms with Crippen LogP contribution in [0.4, 0.5) is 0 Å². The van der Waals surface area contributed by atoms with Gasteiger partial charge in [0.1, 0.15) is 6.10 Å². The van der Waals surface area contributed by atoms with Crippen molar-refractivity contribution in [1.29, 1.82) is 0 Å². The molecular formula is C20H35IN4O2. The van der Waals surface area contributed by atoms with Crippen molar-refractivity contribution in [3.05, 3.63) is 23.9 Å². The molecule has 2 rings (SSSR count). The number of hydrogen-bond acceptors (Lipinski definition) is 4. The highest BCUT2D eigenvalue weighted by molar-refractivity contribution is 14.0. The summed E-state index contributed by atoms with van der Waals surface area (Å²) in [5, 5.41) is 6.57. The normalized spacial score (nSPS) is 15.8. The van der Waals surface area contributed by atoms with Gasteiger partial charge in [-0.2, -0.15) is 0 Å². The first-order chi connectivity index (χ1) is 12.5. The molecule has 7 heteroatoms. The van der Waals surface area contributed by atoms with Crippen molar-refractivity contribution in [2.24, 2.45) is 4.99 Å². The number of halogens is 1. The zero-order valence-electron chi connectivity index (χ0n) is 17.1. The molecule has 1 aromatic heterocycles. The standard InChI is InChI=1S/C20H34N4O2.HI/c1-5-21-19(24-15-20(2,3)25-4)23-14-16-11-12-18(22-13-16)26-17-9-7-6-8-10-17;/h11-13,17H,5-10,14-15H2,1-4H3,(H2,21,23,24);1H. The average molecular weight is 490 g/mol. The molecule has 154 valence electrons. The van der Waals surface area contributed by atoms with Crippen LogP contribution in [0.15, 0.2) is 23.3 Å². The van der Waals surface area contributed by atoms with Crippen LogP contribution in [0.25, 0.3) is 0 Å². The summed E-state index contributed by atoms with van der Waals surface area (Å²) in [6.45, 7) is 8.20. The van der Waals surface area contributed by atoms with Crippen molar-refractivity contribution >= 4 is 29.9 Å². The second-order valence-corrected chi connectivity index (χ2v) is 7.40. The topological polar surface area (TPSA) is 67.8 Å². The Labute approximate surface area is 180 Å². The summed E-state index contributed by atoms with van der Waals surface area (Å²) < 4.78 is 11.4. The van der Waals surface area contributed by atoms with Crippen molar-refractivity contribution < 1.29 is 9.47 Å². The van der Waals surface area contributed by atoms with Gasteiger partial charge in [-0.25, -0.2) is 9.98 Å². The van der Waals surface area contributed by atoms with E-state index in [1.807, 2.05) is 32.2 Å². The Morgan fingerprint density at radius 3 is 2.56 bits per heavy atom. The number of methoxy groups -OCH3 is 1. The molecule has 1 aromatic rings. The van der Waals surface area contributed by atoms with E-state index < -0.39 is 0 Å². The summed E-state index contributed by atoms with van der Waals surface area (Å²) in [6.07, 6.45) is 8.31. The van der Waals surface area contributed by atoms with Gasteiger partial charge >= 0.3 is 0 Å². The van der Waals surface area contributed by atoms with Crippen LogP contribution in [0.1, 0.15) is 58.4 Å². The molecule has 0 amide bonds. The summed E-state index contributed by atoms with van der Waals surface area (Å²) in [5.41, 5.74) is 0.819. The van der Waals surface area contributed by atoms with E-state index in [1.165, 1.54) is 19.3 Å². The van der Waals surface area contributed by atoms with Gasteiger partial charge in [-0.1, -0.05) is 12.5 Å². The Morgan fingerprint density at radius 1 is 1.22 bits per heavy atom. The number of hydrogen-bond donors (Lipinski definition) is 2. The summed E-state index contributed by atoms with van der Waals surface area (Å²) >= 11 is 0. The molecule has 0 spiro atoms. The van der Waals surface area contributed by atoms with Crippen molar-refractivity contribution in [3.63, 3.8) is 0 Å². The number of guanidine groups is 1. The molecule has 6 nitrogen and oxygen atoms in total. The molecule has 1 fully saturated rings. The molecule has 0 unspecified atom stereocenters. The summed E-state index contributed by atoms with van der Waals surface area (Å²) in [7, 11) is 1.72. The predicted octanol–water partition coefficient (Wildman–Crippen LogP) is 3.89. The molecule has 1 aliphatic carbocycles. The van der Waals surface area contributed by atoms with Crippen molar-refractivity contribution in [2.75, 3.05) is 20.2 Å². The number of nitrogens with one attached hydrogen (secondary N) is 2. The molecular weight excluding hydrogens is 455 g/mol. The molecule has 0 bridgehead atoms. The molecule has 1 saturated carbocycles. The van der Waals surface area contributed by atoms with Crippen molar-refractivity contribution in [3.8, 4) is 5.88 Å². The number of nitrogens with zero attached hydrogens (tertiary/aromatic N) is 2. The molecule has 27 heavy (non-hydrogen) atoms. The van der Waals surface area contributed by atoms with Crippen molar-refractivity contribution in [2.45, 2.75) is 71.1 Å². The van der Waals surface area contributed by atoms with Gasteiger partial charge in [0.05, 0.1) is 12.1 Å². The SMILES string of the molecule is CCNC(=NCc1ccc(OC2CCCCC2)nc1)NCC(C)(C)OC.I. The third kappa shape index (κ3) is 9.10. The minimum absolute atomic E-state index is 0. The molecule has 0 aliphatic heterocycles. The van der Waals surface area contributed by atoms with Crippen LogP contribution in [-0.2, 0) is 11.3 Å². The highest BCUT2D eigenvalue weighted by atomic mass is 127. The first kappa shape index (κ1) is 23.9. The third-order valence-electron chi connectivity index (χ3n) is 4.64. The van der Waals surface area contributed by atoms with Gasteiger partial charge in [-0.3, -0.25) is 0 Å². The molecule has 0 aromatic carbocycles. The van der Waals surface area contributed by atoms with E-state index in [4.69, 9.17) is 9.47 Å². The van der Waals surface area contributed by atoms with Gasteiger partial charge in [-0.15, -0.1) is 24.0 Å². The lowest BCUT2D eigenvalue weighted by Gasteiger charge is -2.24.